The third kappa shape index (κ3) is 4.00. The average molecular weight is 423 g/mol. The summed E-state index contributed by atoms with van der Waals surface area (Å²) < 4.78 is 33.6. The van der Waals surface area contributed by atoms with Gasteiger partial charge in [-0.25, -0.2) is 8.42 Å². The Hall–Kier alpha value is -3.36. The molecule has 4 rings (SSSR count). The van der Waals surface area contributed by atoms with Gasteiger partial charge in [0.1, 0.15) is 16.8 Å². The zero-order chi connectivity index (χ0) is 21.1. The van der Waals surface area contributed by atoms with E-state index < -0.39 is 22.1 Å². The Morgan fingerprint density at radius 3 is 2.33 bits per heavy atom. The Bertz CT molecular complexity index is 1150. The summed E-state index contributed by atoms with van der Waals surface area (Å²) in [5.41, 5.74) is 7.29. The van der Waals surface area contributed by atoms with Crippen LogP contribution in [0.25, 0.3) is 0 Å². The van der Waals surface area contributed by atoms with E-state index in [1.165, 1.54) is 4.31 Å². The second kappa shape index (κ2) is 8.17. The summed E-state index contributed by atoms with van der Waals surface area (Å²) in [7, 11) is -3.73. The van der Waals surface area contributed by atoms with E-state index in [-0.39, 0.29) is 18.0 Å². The molecule has 3 aromatic carbocycles. The van der Waals surface area contributed by atoms with Gasteiger partial charge in [-0.2, -0.15) is 4.31 Å². The molecule has 154 valence electrons. The summed E-state index contributed by atoms with van der Waals surface area (Å²) in [6.45, 7) is -0.00197. The van der Waals surface area contributed by atoms with Gasteiger partial charge in [-0.05, 0) is 35.4 Å². The van der Waals surface area contributed by atoms with Crippen LogP contribution in [0, 0.1) is 0 Å². The first-order valence-corrected chi connectivity index (χ1v) is 10.8. The first-order valence-electron chi connectivity index (χ1n) is 9.37. The molecular formula is C22H21N3O4S. The number of anilines is 1. The van der Waals surface area contributed by atoms with Gasteiger partial charge in [0.2, 0.25) is 10.0 Å². The number of hydrogen-bond donors (Lipinski definition) is 2. The first-order chi connectivity index (χ1) is 14.4. The summed E-state index contributed by atoms with van der Waals surface area (Å²) >= 11 is 0. The van der Waals surface area contributed by atoms with E-state index in [9.17, 15) is 13.2 Å². The molecule has 0 saturated carbocycles. The van der Waals surface area contributed by atoms with E-state index in [1.807, 2.05) is 30.3 Å². The Kier molecular flexibility index (Phi) is 5.43. The van der Waals surface area contributed by atoms with Gasteiger partial charge in [0.25, 0.3) is 5.91 Å². The Labute approximate surface area is 175 Å². The number of carbonyl (C=O) groups excluding carboxylic acids is 1. The number of rotatable bonds is 6. The molecule has 0 aliphatic carbocycles. The van der Waals surface area contributed by atoms with Crippen molar-refractivity contribution in [1.29, 1.82) is 0 Å². The molecule has 3 aromatic rings. The van der Waals surface area contributed by atoms with Crippen molar-refractivity contribution in [3.05, 3.63) is 90.0 Å². The van der Waals surface area contributed by atoms with Crippen LogP contribution < -0.4 is 15.8 Å². The van der Waals surface area contributed by atoms with Crippen molar-refractivity contribution in [3.8, 4) is 5.75 Å². The van der Waals surface area contributed by atoms with Crippen LogP contribution in [0.4, 0.5) is 5.69 Å². The fourth-order valence-corrected chi connectivity index (χ4v) is 5.06. The Morgan fingerprint density at radius 1 is 0.967 bits per heavy atom. The summed E-state index contributed by atoms with van der Waals surface area (Å²) in [4.78, 5) is 11.2. The number of ether oxygens (including phenoxy) is 1. The third-order valence-electron chi connectivity index (χ3n) is 4.81. The van der Waals surface area contributed by atoms with Crippen LogP contribution in [0.1, 0.15) is 17.3 Å². The van der Waals surface area contributed by atoms with Gasteiger partial charge in [-0.15, -0.1) is 0 Å². The maximum absolute atomic E-state index is 13.4. The topological polar surface area (TPSA) is 102 Å². The van der Waals surface area contributed by atoms with Crippen LogP contribution in [0.2, 0.25) is 0 Å². The number of hydrogen-bond acceptors (Lipinski definition) is 5. The molecule has 0 spiro atoms. The molecule has 3 N–H and O–H groups in total. The minimum absolute atomic E-state index is 0.217. The van der Waals surface area contributed by atoms with Crippen molar-refractivity contribution < 1.29 is 17.9 Å². The molecular weight excluding hydrogens is 402 g/mol. The van der Waals surface area contributed by atoms with Crippen LogP contribution in [0.3, 0.4) is 0 Å². The number of sulfonamides is 1. The minimum Gasteiger partial charge on any atom is -0.484 e. The molecule has 1 atom stereocenters. The molecule has 1 aliphatic heterocycles. The van der Waals surface area contributed by atoms with Gasteiger partial charge in [0.05, 0.1) is 5.69 Å². The standard InChI is InChI=1S/C22H21N3O4S/c23-21(26)15-29-18-12-10-17(11-13-18)22-24-19-8-4-5-9-20(19)30(27,28)25(22)14-16-6-2-1-3-7-16/h1-13,22,24H,14-15H2,(H2,23,26)/t22-/m1/s1. The van der Waals surface area contributed by atoms with Crippen molar-refractivity contribution in [2.75, 3.05) is 11.9 Å². The maximum atomic E-state index is 13.4. The molecule has 1 amide bonds. The molecule has 0 fully saturated rings. The quantitative estimate of drug-likeness (QED) is 0.635. The summed E-state index contributed by atoms with van der Waals surface area (Å²) in [5.74, 6) is -0.0870. The molecule has 0 unspecified atom stereocenters. The summed E-state index contributed by atoms with van der Waals surface area (Å²) in [5, 5.41) is 3.34. The van der Waals surface area contributed by atoms with Crippen molar-refractivity contribution in [1.82, 2.24) is 4.31 Å². The van der Waals surface area contributed by atoms with E-state index in [4.69, 9.17) is 10.5 Å². The number of nitrogens with one attached hydrogen (secondary N) is 1. The number of benzene rings is 3. The summed E-state index contributed by atoms with van der Waals surface area (Å²) in [6.07, 6.45) is -0.602. The highest BCUT2D eigenvalue weighted by Crippen LogP contribution is 2.39. The number of amides is 1. The lowest BCUT2D eigenvalue weighted by atomic mass is 10.1. The second-order valence-corrected chi connectivity index (χ2v) is 8.76. The van der Waals surface area contributed by atoms with Crippen molar-refractivity contribution in [3.63, 3.8) is 0 Å². The van der Waals surface area contributed by atoms with Crippen molar-refractivity contribution in [2.24, 2.45) is 5.73 Å². The maximum Gasteiger partial charge on any atom is 0.255 e. The molecule has 1 heterocycles. The van der Waals surface area contributed by atoms with Crippen LogP contribution in [-0.4, -0.2) is 25.2 Å². The molecule has 0 saturated heterocycles. The van der Waals surface area contributed by atoms with Crippen LogP contribution in [-0.2, 0) is 21.4 Å². The van der Waals surface area contributed by atoms with E-state index in [2.05, 4.69) is 5.32 Å². The van der Waals surface area contributed by atoms with Gasteiger partial charge in [-0.1, -0.05) is 54.6 Å². The van der Waals surface area contributed by atoms with Crippen LogP contribution in [0.5, 0.6) is 5.75 Å². The lowest BCUT2D eigenvalue weighted by molar-refractivity contribution is -0.119. The highest BCUT2D eigenvalue weighted by atomic mass is 32.2. The zero-order valence-corrected chi connectivity index (χ0v) is 16.9. The van der Waals surface area contributed by atoms with Crippen molar-refractivity contribution >= 4 is 21.6 Å². The number of para-hydroxylation sites is 1. The molecule has 1 aliphatic rings. The molecule has 0 bridgehead atoms. The van der Waals surface area contributed by atoms with Crippen LogP contribution in [0.15, 0.2) is 83.8 Å². The largest absolute Gasteiger partial charge is 0.484 e. The minimum atomic E-state index is -3.73. The molecule has 8 heteroatoms. The number of fused-ring (bicyclic) bond motifs is 1. The zero-order valence-electron chi connectivity index (χ0n) is 16.1. The van der Waals surface area contributed by atoms with E-state index >= 15 is 0 Å². The average Bonchev–Trinajstić information content (AvgIpc) is 2.75. The molecule has 30 heavy (non-hydrogen) atoms. The lowest BCUT2D eigenvalue weighted by Gasteiger charge is -2.37. The third-order valence-corrected chi connectivity index (χ3v) is 6.68. The van der Waals surface area contributed by atoms with E-state index in [0.717, 1.165) is 11.1 Å². The van der Waals surface area contributed by atoms with Gasteiger partial charge in [0.15, 0.2) is 6.61 Å². The normalized spacial score (nSPS) is 17.5. The van der Waals surface area contributed by atoms with E-state index in [1.54, 1.807) is 48.5 Å². The number of nitrogens with two attached hydrogens (primary N) is 1. The molecule has 0 radical (unpaired) electrons. The van der Waals surface area contributed by atoms with Gasteiger partial charge >= 0.3 is 0 Å². The number of nitrogens with zero attached hydrogens (tertiary/aromatic N) is 1. The van der Waals surface area contributed by atoms with Gasteiger partial charge in [0, 0.05) is 6.54 Å². The number of carbonyl (C=O) groups is 1. The van der Waals surface area contributed by atoms with Gasteiger partial charge in [-0.3, -0.25) is 4.79 Å². The highest BCUT2D eigenvalue weighted by molar-refractivity contribution is 7.89. The lowest BCUT2D eigenvalue weighted by Crippen LogP contribution is -2.42. The van der Waals surface area contributed by atoms with Crippen LogP contribution >= 0.6 is 0 Å². The fraction of sp³-hybridized carbons (Fsp3) is 0.136. The summed E-state index contributed by atoms with van der Waals surface area (Å²) in [6, 6.07) is 23.2. The Balaban J connectivity index is 1.71. The fourth-order valence-electron chi connectivity index (χ4n) is 3.39. The Morgan fingerprint density at radius 2 is 1.63 bits per heavy atom. The van der Waals surface area contributed by atoms with Gasteiger partial charge < -0.3 is 15.8 Å². The number of primary amides is 1. The SMILES string of the molecule is NC(=O)COc1ccc([C@@H]2Nc3ccccc3S(=O)(=O)N2Cc2ccccc2)cc1. The second-order valence-electron chi connectivity index (χ2n) is 6.90. The van der Waals surface area contributed by atoms with E-state index in [0.29, 0.717) is 11.4 Å². The van der Waals surface area contributed by atoms with Crippen molar-refractivity contribution in [2.45, 2.75) is 17.6 Å². The predicted octanol–water partition coefficient (Wildman–Crippen LogP) is 2.87. The monoisotopic (exact) mass is 423 g/mol. The highest BCUT2D eigenvalue weighted by Gasteiger charge is 2.38. The smallest absolute Gasteiger partial charge is 0.255 e. The molecule has 7 nitrogen and oxygen atoms in total. The first kappa shape index (κ1) is 19.9. The molecule has 0 aromatic heterocycles. The predicted molar refractivity (Wildman–Crippen MR) is 113 cm³/mol.